The Hall–Kier alpha value is -2.56. The van der Waals surface area contributed by atoms with E-state index in [1.165, 1.54) is 10.9 Å². The van der Waals surface area contributed by atoms with E-state index in [0.29, 0.717) is 40.5 Å². The molecule has 2 aromatic carbocycles. The van der Waals surface area contributed by atoms with E-state index in [0.717, 1.165) is 21.5 Å². The first-order chi connectivity index (χ1) is 17.0. The molecule has 0 aliphatic carbocycles. The van der Waals surface area contributed by atoms with Gasteiger partial charge in [0.25, 0.3) is 0 Å². The van der Waals surface area contributed by atoms with E-state index in [1.807, 2.05) is 41.0 Å². The van der Waals surface area contributed by atoms with Crippen molar-refractivity contribution in [1.82, 2.24) is 19.3 Å². The molecule has 4 rings (SSSR count). The Bertz CT molecular complexity index is 1320. The van der Waals surface area contributed by atoms with Crippen molar-refractivity contribution >= 4 is 52.0 Å². The number of thioether (sulfide) groups is 1. The standard InChI is InChI=1S/C24H24Cl2N4O4S/c1-3-34-23(31)17-12-27-30(13-17)24-28-20-11-22(35-14-16-5-4-6-18(25)9-16)19(26)10-21(20)29(24)15-33-8-7-32-2/h4-6,9-13H,3,7-8,14-15H2,1-2H3. The molecule has 0 aliphatic heterocycles. The maximum atomic E-state index is 12.1. The highest BCUT2D eigenvalue weighted by atomic mass is 35.5. The van der Waals surface area contributed by atoms with Crippen molar-refractivity contribution in [1.29, 1.82) is 0 Å². The van der Waals surface area contributed by atoms with Crippen molar-refractivity contribution in [2.45, 2.75) is 24.3 Å². The van der Waals surface area contributed by atoms with Gasteiger partial charge in [-0.15, -0.1) is 11.8 Å². The number of fused-ring (bicyclic) bond motifs is 1. The first-order valence-corrected chi connectivity index (χ1v) is 12.6. The third-order valence-electron chi connectivity index (χ3n) is 5.02. The van der Waals surface area contributed by atoms with Gasteiger partial charge in [0.05, 0.1) is 47.6 Å². The van der Waals surface area contributed by atoms with Crippen LogP contribution in [0.15, 0.2) is 53.7 Å². The molecule has 11 heteroatoms. The minimum atomic E-state index is -0.444. The molecule has 0 N–H and O–H groups in total. The summed E-state index contributed by atoms with van der Waals surface area (Å²) in [5, 5.41) is 5.62. The number of halogens is 2. The van der Waals surface area contributed by atoms with Crippen LogP contribution in [0, 0.1) is 0 Å². The number of aromatic nitrogens is 4. The van der Waals surface area contributed by atoms with Crippen molar-refractivity contribution in [3.8, 4) is 5.95 Å². The Morgan fingerprint density at radius 2 is 2.03 bits per heavy atom. The topological polar surface area (TPSA) is 80.4 Å². The number of esters is 1. The average molecular weight is 535 g/mol. The van der Waals surface area contributed by atoms with Gasteiger partial charge >= 0.3 is 5.97 Å². The third kappa shape index (κ3) is 6.17. The fraction of sp³-hybridized carbons (Fsp3) is 0.292. The first-order valence-electron chi connectivity index (χ1n) is 10.9. The molecule has 2 heterocycles. The van der Waals surface area contributed by atoms with Crippen LogP contribution < -0.4 is 0 Å². The Morgan fingerprint density at radius 3 is 2.80 bits per heavy atom. The molecular formula is C24H24Cl2N4O4S. The molecule has 0 saturated heterocycles. The second kappa shape index (κ2) is 11.9. The van der Waals surface area contributed by atoms with Crippen LogP contribution in [-0.4, -0.2) is 52.2 Å². The predicted octanol–water partition coefficient (Wildman–Crippen LogP) is 5.62. The number of hydrogen-bond acceptors (Lipinski definition) is 7. The lowest BCUT2D eigenvalue weighted by molar-refractivity contribution is 0.0356. The fourth-order valence-electron chi connectivity index (χ4n) is 3.36. The summed E-state index contributed by atoms with van der Waals surface area (Å²) in [6.45, 7) is 3.11. The van der Waals surface area contributed by atoms with E-state index in [1.54, 1.807) is 32.0 Å². The monoisotopic (exact) mass is 534 g/mol. The molecule has 0 spiro atoms. The van der Waals surface area contributed by atoms with Gasteiger partial charge in [0, 0.05) is 29.0 Å². The molecule has 35 heavy (non-hydrogen) atoms. The summed E-state index contributed by atoms with van der Waals surface area (Å²) < 4.78 is 19.3. The summed E-state index contributed by atoms with van der Waals surface area (Å²) in [5.41, 5.74) is 2.94. The summed E-state index contributed by atoms with van der Waals surface area (Å²) in [6, 6.07) is 11.5. The van der Waals surface area contributed by atoms with E-state index in [-0.39, 0.29) is 13.3 Å². The van der Waals surface area contributed by atoms with Crippen LogP contribution in [0.3, 0.4) is 0 Å². The van der Waals surface area contributed by atoms with Gasteiger partial charge in [0.2, 0.25) is 5.95 Å². The highest BCUT2D eigenvalue weighted by molar-refractivity contribution is 7.98. The molecular weight excluding hydrogens is 511 g/mol. The highest BCUT2D eigenvalue weighted by Crippen LogP contribution is 2.34. The Morgan fingerprint density at radius 1 is 1.17 bits per heavy atom. The predicted molar refractivity (Wildman–Crippen MR) is 137 cm³/mol. The summed E-state index contributed by atoms with van der Waals surface area (Å²) in [7, 11) is 1.62. The van der Waals surface area contributed by atoms with Crippen LogP contribution in [0.25, 0.3) is 17.0 Å². The lowest BCUT2D eigenvalue weighted by Crippen LogP contribution is -2.12. The number of imidazole rings is 1. The lowest BCUT2D eigenvalue weighted by atomic mass is 10.2. The molecule has 4 aromatic rings. The van der Waals surface area contributed by atoms with Gasteiger partial charge in [-0.05, 0) is 36.8 Å². The number of methoxy groups -OCH3 is 1. The van der Waals surface area contributed by atoms with E-state index in [9.17, 15) is 4.79 Å². The third-order valence-corrected chi connectivity index (χ3v) is 6.80. The molecule has 0 bridgehead atoms. The molecule has 0 amide bonds. The fourth-order valence-corrected chi connectivity index (χ4v) is 4.79. The normalized spacial score (nSPS) is 11.3. The molecule has 0 unspecified atom stereocenters. The first kappa shape index (κ1) is 25.5. The second-order valence-corrected chi connectivity index (χ2v) is 9.31. The number of nitrogens with zero attached hydrogens (tertiary/aromatic N) is 4. The average Bonchev–Trinajstić information content (AvgIpc) is 3.46. The number of hydrogen-bond donors (Lipinski definition) is 0. The Balaban J connectivity index is 1.67. The minimum absolute atomic E-state index is 0.203. The largest absolute Gasteiger partial charge is 0.462 e. The molecule has 184 valence electrons. The number of carbonyl (C=O) groups is 1. The number of rotatable bonds is 11. The number of ether oxygens (including phenoxy) is 3. The van der Waals surface area contributed by atoms with Crippen LogP contribution >= 0.6 is 35.0 Å². The summed E-state index contributed by atoms with van der Waals surface area (Å²) in [6.07, 6.45) is 3.04. The van der Waals surface area contributed by atoms with Crippen LogP contribution in [0.1, 0.15) is 22.8 Å². The van der Waals surface area contributed by atoms with Gasteiger partial charge in [-0.1, -0.05) is 35.3 Å². The van der Waals surface area contributed by atoms with E-state index in [2.05, 4.69) is 5.10 Å². The van der Waals surface area contributed by atoms with Crippen LogP contribution in [0.2, 0.25) is 10.0 Å². The molecule has 8 nitrogen and oxygen atoms in total. The minimum Gasteiger partial charge on any atom is -0.462 e. The molecule has 2 aromatic heterocycles. The number of benzene rings is 2. The molecule has 0 atom stereocenters. The zero-order valence-corrected chi connectivity index (χ0v) is 21.6. The maximum Gasteiger partial charge on any atom is 0.341 e. The van der Waals surface area contributed by atoms with E-state index < -0.39 is 5.97 Å². The van der Waals surface area contributed by atoms with Crippen LogP contribution in [-0.2, 0) is 26.7 Å². The highest BCUT2D eigenvalue weighted by Gasteiger charge is 2.18. The zero-order valence-electron chi connectivity index (χ0n) is 19.2. The summed E-state index contributed by atoms with van der Waals surface area (Å²) in [5.74, 6) is 0.753. The van der Waals surface area contributed by atoms with Gasteiger partial charge < -0.3 is 14.2 Å². The Kier molecular flexibility index (Phi) is 8.69. The summed E-state index contributed by atoms with van der Waals surface area (Å²) >= 11 is 14.4. The lowest BCUT2D eigenvalue weighted by Gasteiger charge is -2.10. The van der Waals surface area contributed by atoms with E-state index in [4.69, 9.17) is 42.4 Å². The summed E-state index contributed by atoms with van der Waals surface area (Å²) in [4.78, 5) is 17.8. The van der Waals surface area contributed by atoms with Gasteiger partial charge in [-0.3, -0.25) is 4.57 Å². The zero-order chi connectivity index (χ0) is 24.8. The molecule has 0 saturated carbocycles. The van der Waals surface area contributed by atoms with Gasteiger partial charge in [0.1, 0.15) is 6.73 Å². The molecule has 0 aliphatic rings. The Labute approximate surface area is 217 Å². The van der Waals surface area contributed by atoms with Crippen molar-refractivity contribution in [3.05, 3.63) is 70.0 Å². The van der Waals surface area contributed by atoms with Crippen LogP contribution in [0.4, 0.5) is 0 Å². The van der Waals surface area contributed by atoms with Crippen molar-refractivity contribution in [2.75, 3.05) is 26.9 Å². The van der Waals surface area contributed by atoms with Gasteiger partial charge in [0.15, 0.2) is 0 Å². The number of carbonyl (C=O) groups excluding carboxylic acids is 1. The quantitative estimate of drug-likeness (QED) is 0.140. The smallest absolute Gasteiger partial charge is 0.341 e. The second-order valence-electron chi connectivity index (χ2n) is 7.45. The van der Waals surface area contributed by atoms with Gasteiger partial charge in [-0.2, -0.15) is 5.10 Å². The van der Waals surface area contributed by atoms with E-state index >= 15 is 0 Å². The van der Waals surface area contributed by atoms with Gasteiger partial charge in [-0.25, -0.2) is 14.5 Å². The molecule has 0 fully saturated rings. The van der Waals surface area contributed by atoms with Crippen LogP contribution in [0.5, 0.6) is 0 Å². The van der Waals surface area contributed by atoms with Crippen molar-refractivity contribution in [2.24, 2.45) is 0 Å². The molecule has 0 radical (unpaired) electrons. The van der Waals surface area contributed by atoms with Crippen molar-refractivity contribution in [3.63, 3.8) is 0 Å². The maximum absolute atomic E-state index is 12.1. The van der Waals surface area contributed by atoms with Crippen molar-refractivity contribution < 1.29 is 19.0 Å². The SMILES string of the molecule is CCOC(=O)c1cnn(-c2nc3cc(SCc4cccc(Cl)c4)c(Cl)cc3n2COCCOC)c1.